The third kappa shape index (κ3) is 3.23. The molecule has 0 radical (unpaired) electrons. The van der Waals surface area contributed by atoms with E-state index in [9.17, 15) is 4.79 Å². The monoisotopic (exact) mass is 339 g/mol. The number of rotatable bonds is 6. The van der Waals surface area contributed by atoms with Crippen LogP contribution in [0.15, 0.2) is 18.2 Å². The van der Waals surface area contributed by atoms with Gasteiger partial charge in [0.25, 0.3) is 5.91 Å². The summed E-state index contributed by atoms with van der Waals surface area (Å²) < 4.78 is 5.42. The van der Waals surface area contributed by atoms with E-state index in [1.54, 1.807) is 0 Å². The van der Waals surface area contributed by atoms with Crippen molar-refractivity contribution in [3.63, 3.8) is 0 Å². The van der Waals surface area contributed by atoms with Gasteiger partial charge in [-0.05, 0) is 36.1 Å². The minimum absolute atomic E-state index is 0.132. The Kier molecular flexibility index (Phi) is 5.61. The molecule has 0 spiro atoms. The van der Waals surface area contributed by atoms with Crippen LogP contribution in [0.25, 0.3) is 0 Å². The smallest absolute Gasteiger partial charge is 0.254 e. The molecule has 0 saturated carbocycles. The number of hydrogen-bond donors (Lipinski definition) is 0. The van der Waals surface area contributed by atoms with E-state index in [1.165, 1.54) is 5.56 Å². The molecule has 3 nitrogen and oxygen atoms in total. The average molecular weight is 340 g/mol. The maximum Gasteiger partial charge on any atom is 0.254 e. The summed E-state index contributed by atoms with van der Waals surface area (Å²) in [6.45, 7) is 6.32. The summed E-state index contributed by atoms with van der Waals surface area (Å²) in [7, 11) is 0. The predicted molar refractivity (Wildman–Crippen MR) is 84.1 cm³/mol. The quantitative estimate of drug-likeness (QED) is 0.739. The molecule has 1 aromatic carbocycles. The highest BCUT2D eigenvalue weighted by Crippen LogP contribution is 2.22. The molecule has 1 aliphatic heterocycles. The van der Waals surface area contributed by atoms with Crippen LogP contribution in [0.3, 0.4) is 0 Å². The molecule has 0 aliphatic carbocycles. The van der Waals surface area contributed by atoms with E-state index >= 15 is 0 Å². The molecule has 0 fully saturated rings. The van der Waals surface area contributed by atoms with Crippen LogP contribution in [0.4, 0.5) is 0 Å². The molecule has 1 amide bonds. The van der Waals surface area contributed by atoms with Crippen LogP contribution >= 0.6 is 15.9 Å². The predicted octanol–water partition coefficient (Wildman–Crippen LogP) is 3.74. The zero-order valence-corrected chi connectivity index (χ0v) is 13.8. The molecule has 4 heteroatoms. The molecule has 1 heterocycles. The number of ether oxygens (including phenoxy) is 1. The van der Waals surface area contributed by atoms with Crippen LogP contribution < -0.4 is 0 Å². The largest absolute Gasteiger partial charge is 0.372 e. The first-order chi connectivity index (χ1) is 9.71. The van der Waals surface area contributed by atoms with Crippen LogP contribution in [0.5, 0.6) is 0 Å². The fourth-order valence-corrected chi connectivity index (χ4v) is 3.12. The Morgan fingerprint density at radius 1 is 1.30 bits per heavy atom. The number of halogens is 1. The van der Waals surface area contributed by atoms with Crippen LogP contribution in [0.1, 0.15) is 48.2 Å². The van der Waals surface area contributed by atoms with E-state index in [0.29, 0.717) is 19.3 Å². The van der Waals surface area contributed by atoms with Crippen molar-refractivity contribution < 1.29 is 9.53 Å². The van der Waals surface area contributed by atoms with Crippen molar-refractivity contribution in [2.75, 3.05) is 11.9 Å². The van der Waals surface area contributed by atoms with Gasteiger partial charge in [0, 0.05) is 23.5 Å². The van der Waals surface area contributed by atoms with Gasteiger partial charge in [0.05, 0.1) is 13.2 Å². The highest BCUT2D eigenvalue weighted by atomic mass is 79.9. The van der Waals surface area contributed by atoms with Gasteiger partial charge < -0.3 is 9.64 Å². The Bertz CT molecular complexity index is 472. The van der Waals surface area contributed by atoms with E-state index in [1.807, 2.05) is 23.1 Å². The first-order valence-corrected chi connectivity index (χ1v) is 8.39. The van der Waals surface area contributed by atoms with Gasteiger partial charge in [-0.2, -0.15) is 0 Å². The third-order valence-corrected chi connectivity index (χ3v) is 4.29. The third-order valence-electron chi connectivity index (χ3n) is 3.94. The summed E-state index contributed by atoms with van der Waals surface area (Å²) in [5.41, 5.74) is 3.14. The van der Waals surface area contributed by atoms with Crippen molar-refractivity contribution in [2.24, 2.45) is 0 Å². The Balaban J connectivity index is 2.22. The lowest BCUT2D eigenvalue weighted by Gasteiger charge is -2.30. The van der Waals surface area contributed by atoms with E-state index in [4.69, 9.17) is 4.74 Å². The zero-order valence-electron chi connectivity index (χ0n) is 12.2. The van der Waals surface area contributed by atoms with Gasteiger partial charge in [0.2, 0.25) is 0 Å². The Hall–Kier alpha value is -0.870. The topological polar surface area (TPSA) is 29.5 Å². The van der Waals surface area contributed by atoms with Crippen molar-refractivity contribution in [3.8, 4) is 0 Å². The van der Waals surface area contributed by atoms with Crippen molar-refractivity contribution in [1.82, 2.24) is 4.90 Å². The normalized spacial score (nSPS) is 13.6. The Labute approximate surface area is 129 Å². The summed E-state index contributed by atoms with van der Waals surface area (Å²) in [4.78, 5) is 14.8. The van der Waals surface area contributed by atoms with Gasteiger partial charge in [0.15, 0.2) is 0 Å². The van der Waals surface area contributed by atoms with E-state index in [-0.39, 0.29) is 5.91 Å². The Morgan fingerprint density at radius 3 is 2.65 bits per heavy atom. The SMILES string of the molecule is CCC(CC)N(CCBr)C(=O)c1ccc2c(c1)COC2. The van der Waals surface area contributed by atoms with Gasteiger partial charge >= 0.3 is 0 Å². The standard InChI is InChI=1S/C16H22BrNO2/c1-3-15(4-2)18(8-7-17)16(19)12-5-6-13-10-20-11-14(13)9-12/h5-6,9,15H,3-4,7-8,10-11H2,1-2H3. The second-order valence-electron chi connectivity index (χ2n) is 5.13. The first kappa shape index (κ1) is 15.5. The lowest BCUT2D eigenvalue weighted by Crippen LogP contribution is -2.41. The number of carbonyl (C=O) groups excluding carboxylic acids is 1. The number of amides is 1. The summed E-state index contributed by atoms with van der Waals surface area (Å²) in [6, 6.07) is 6.26. The molecule has 0 aromatic heterocycles. The first-order valence-electron chi connectivity index (χ1n) is 7.27. The number of alkyl halides is 1. The van der Waals surface area contributed by atoms with Gasteiger partial charge in [0.1, 0.15) is 0 Å². The van der Waals surface area contributed by atoms with Crippen LogP contribution in [0.2, 0.25) is 0 Å². The second-order valence-corrected chi connectivity index (χ2v) is 5.93. The number of hydrogen-bond acceptors (Lipinski definition) is 2. The number of fused-ring (bicyclic) bond motifs is 1. The molecule has 0 atom stereocenters. The molecule has 1 aliphatic rings. The van der Waals surface area contributed by atoms with Gasteiger partial charge in [-0.3, -0.25) is 4.79 Å². The van der Waals surface area contributed by atoms with E-state index < -0.39 is 0 Å². The molecule has 110 valence electrons. The number of nitrogens with zero attached hydrogens (tertiary/aromatic N) is 1. The summed E-state index contributed by atoms with van der Waals surface area (Å²) in [5.74, 6) is 0.132. The molecular weight excluding hydrogens is 318 g/mol. The molecule has 2 rings (SSSR count). The maximum absolute atomic E-state index is 12.8. The molecule has 0 bridgehead atoms. The second kappa shape index (κ2) is 7.23. The molecule has 0 N–H and O–H groups in total. The fourth-order valence-electron chi connectivity index (χ4n) is 2.74. The lowest BCUT2D eigenvalue weighted by atomic mass is 10.0. The minimum atomic E-state index is 0.132. The molecule has 0 saturated heterocycles. The zero-order chi connectivity index (χ0) is 14.5. The van der Waals surface area contributed by atoms with Gasteiger partial charge in [-0.25, -0.2) is 0 Å². The van der Waals surface area contributed by atoms with Crippen molar-refractivity contribution in [3.05, 3.63) is 34.9 Å². The van der Waals surface area contributed by atoms with Crippen LogP contribution in [0, 0.1) is 0 Å². The average Bonchev–Trinajstić information content (AvgIpc) is 2.94. The highest BCUT2D eigenvalue weighted by Gasteiger charge is 2.23. The molecule has 0 unspecified atom stereocenters. The van der Waals surface area contributed by atoms with Gasteiger partial charge in [-0.15, -0.1) is 0 Å². The van der Waals surface area contributed by atoms with E-state index in [0.717, 1.165) is 35.8 Å². The Morgan fingerprint density at radius 2 is 2.00 bits per heavy atom. The summed E-state index contributed by atoms with van der Waals surface area (Å²) in [6.07, 6.45) is 1.98. The number of benzene rings is 1. The summed E-state index contributed by atoms with van der Waals surface area (Å²) >= 11 is 3.45. The molecule has 20 heavy (non-hydrogen) atoms. The minimum Gasteiger partial charge on any atom is -0.372 e. The van der Waals surface area contributed by atoms with Crippen molar-refractivity contribution in [2.45, 2.75) is 45.9 Å². The summed E-state index contributed by atoms with van der Waals surface area (Å²) in [5, 5.41) is 0.809. The van der Waals surface area contributed by atoms with Gasteiger partial charge in [-0.1, -0.05) is 35.8 Å². The van der Waals surface area contributed by atoms with Crippen LogP contribution in [-0.4, -0.2) is 28.7 Å². The van der Waals surface area contributed by atoms with Crippen molar-refractivity contribution >= 4 is 21.8 Å². The maximum atomic E-state index is 12.8. The van der Waals surface area contributed by atoms with E-state index in [2.05, 4.69) is 29.8 Å². The number of carbonyl (C=O) groups is 1. The molecule has 1 aromatic rings. The molecular formula is C16H22BrNO2. The lowest BCUT2D eigenvalue weighted by molar-refractivity contribution is 0.0683. The van der Waals surface area contributed by atoms with Crippen molar-refractivity contribution in [1.29, 1.82) is 0 Å². The highest BCUT2D eigenvalue weighted by molar-refractivity contribution is 9.09. The fraction of sp³-hybridized carbons (Fsp3) is 0.562. The van der Waals surface area contributed by atoms with Crippen LogP contribution in [-0.2, 0) is 18.0 Å².